The fraction of sp³-hybridized carbons (Fsp3) is 0.562. The van der Waals surface area contributed by atoms with Crippen LogP contribution in [0.4, 0.5) is 0 Å². The summed E-state index contributed by atoms with van der Waals surface area (Å²) >= 11 is 0. The number of guanidine groups is 1. The first-order chi connectivity index (χ1) is 9.50. The molecule has 1 aromatic carbocycles. The summed E-state index contributed by atoms with van der Waals surface area (Å²) in [7, 11) is 0. The zero-order chi connectivity index (χ0) is 15.0. The average molecular weight is 277 g/mol. The highest BCUT2D eigenvalue weighted by molar-refractivity contribution is 5.77. The van der Waals surface area contributed by atoms with Gasteiger partial charge in [0.05, 0.1) is 6.54 Å². The predicted molar refractivity (Wildman–Crippen MR) is 85.4 cm³/mol. The lowest BCUT2D eigenvalue weighted by molar-refractivity contribution is 0.318. The number of rotatable bonds is 7. The highest BCUT2D eigenvalue weighted by Gasteiger charge is 2.02. The lowest BCUT2D eigenvalue weighted by Crippen LogP contribution is -2.35. The van der Waals surface area contributed by atoms with Crippen LogP contribution in [-0.2, 0) is 0 Å². The van der Waals surface area contributed by atoms with Crippen molar-refractivity contribution < 1.29 is 4.74 Å². The molecule has 0 radical (unpaired) electrons. The molecule has 0 heterocycles. The first kappa shape index (κ1) is 16.3. The molecule has 0 spiro atoms. The van der Waals surface area contributed by atoms with E-state index in [1.54, 1.807) is 0 Å². The molecule has 0 atom stereocenters. The van der Waals surface area contributed by atoms with Gasteiger partial charge in [0.15, 0.2) is 5.96 Å². The first-order valence-electron chi connectivity index (χ1n) is 7.23. The molecule has 0 saturated heterocycles. The molecule has 0 amide bonds. The zero-order valence-corrected chi connectivity index (χ0v) is 13.1. The molecule has 112 valence electrons. The number of aryl methyl sites for hydroxylation is 2. The number of nitrogens with two attached hydrogens (primary N) is 1. The largest absolute Gasteiger partial charge is 0.491 e. The number of aliphatic imine (C=N–C) groups is 1. The van der Waals surface area contributed by atoms with Crippen LogP contribution in [0.3, 0.4) is 0 Å². The van der Waals surface area contributed by atoms with Gasteiger partial charge in [-0.3, -0.25) is 4.99 Å². The molecule has 0 aliphatic rings. The molecule has 1 rings (SSSR count). The van der Waals surface area contributed by atoms with Gasteiger partial charge in [-0.05, 0) is 37.3 Å². The van der Waals surface area contributed by atoms with Crippen molar-refractivity contribution >= 4 is 5.96 Å². The highest BCUT2D eigenvalue weighted by Crippen LogP contribution is 2.21. The standard InChI is InChI=1S/C16H27N3O/c1-12(2)8-9-18-16(17)19-10-11-20-15-13(3)6-5-7-14(15)4/h5-7,12H,8-11H2,1-4H3,(H3,17,18,19). The second-order valence-electron chi connectivity index (χ2n) is 5.45. The van der Waals surface area contributed by atoms with E-state index in [9.17, 15) is 0 Å². The Bertz CT molecular complexity index is 421. The van der Waals surface area contributed by atoms with Crippen LogP contribution in [0.1, 0.15) is 31.4 Å². The lowest BCUT2D eigenvalue weighted by atomic mass is 10.1. The molecule has 1 aromatic rings. The first-order valence-corrected chi connectivity index (χ1v) is 7.23. The normalized spacial score (nSPS) is 11.8. The Hall–Kier alpha value is -1.71. The fourth-order valence-corrected chi connectivity index (χ4v) is 1.86. The molecule has 0 unspecified atom stereocenters. The predicted octanol–water partition coefficient (Wildman–Crippen LogP) is 2.63. The molecule has 0 aliphatic heterocycles. The molecule has 4 heteroatoms. The van der Waals surface area contributed by atoms with Crippen LogP contribution in [0.25, 0.3) is 0 Å². The van der Waals surface area contributed by atoms with E-state index in [4.69, 9.17) is 10.5 Å². The van der Waals surface area contributed by atoms with E-state index in [0.717, 1.165) is 29.8 Å². The van der Waals surface area contributed by atoms with E-state index in [0.29, 0.717) is 25.0 Å². The van der Waals surface area contributed by atoms with Gasteiger partial charge in [0, 0.05) is 6.54 Å². The monoisotopic (exact) mass is 277 g/mol. The third-order valence-electron chi connectivity index (χ3n) is 3.05. The van der Waals surface area contributed by atoms with E-state index in [-0.39, 0.29) is 0 Å². The maximum atomic E-state index is 5.79. The van der Waals surface area contributed by atoms with Crippen molar-refractivity contribution in [2.75, 3.05) is 19.7 Å². The maximum Gasteiger partial charge on any atom is 0.188 e. The summed E-state index contributed by atoms with van der Waals surface area (Å²) in [5, 5.41) is 3.07. The zero-order valence-electron chi connectivity index (χ0n) is 13.1. The second kappa shape index (κ2) is 8.46. The summed E-state index contributed by atoms with van der Waals surface area (Å²) in [5.74, 6) is 2.11. The van der Waals surface area contributed by atoms with Crippen LogP contribution >= 0.6 is 0 Å². The molecular formula is C16H27N3O. The van der Waals surface area contributed by atoms with E-state index in [1.165, 1.54) is 0 Å². The minimum Gasteiger partial charge on any atom is -0.491 e. The molecule has 0 bridgehead atoms. The Kier molecular flexibility index (Phi) is 6.91. The highest BCUT2D eigenvalue weighted by atomic mass is 16.5. The van der Waals surface area contributed by atoms with Gasteiger partial charge in [0.2, 0.25) is 0 Å². The molecule has 3 N–H and O–H groups in total. The van der Waals surface area contributed by atoms with Crippen LogP contribution in [0.5, 0.6) is 5.75 Å². The Morgan fingerprint density at radius 2 is 1.95 bits per heavy atom. The molecule has 4 nitrogen and oxygen atoms in total. The van der Waals surface area contributed by atoms with Crippen molar-refractivity contribution in [1.82, 2.24) is 5.32 Å². The van der Waals surface area contributed by atoms with E-state index in [1.807, 2.05) is 6.07 Å². The van der Waals surface area contributed by atoms with Gasteiger partial charge in [-0.15, -0.1) is 0 Å². The lowest BCUT2D eigenvalue weighted by Gasteiger charge is -2.12. The van der Waals surface area contributed by atoms with Crippen LogP contribution in [0, 0.1) is 19.8 Å². The van der Waals surface area contributed by atoms with Crippen molar-refractivity contribution in [2.24, 2.45) is 16.6 Å². The summed E-state index contributed by atoms with van der Waals surface area (Å²) in [4.78, 5) is 4.27. The second-order valence-corrected chi connectivity index (χ2v) is 5.45. The summed E-state index contributed by atoms with van der Waals surface area (Å²) in [6.45, 7) is 10.5. The summed E-state index contributed by atoms with van der Waals surface area (Å²) in [5.41, 5.74) is 8.09. The maximum absolute atomic E-state index is 5.79. The summed E-state index contributed by atoms with van der Waals surface area (Å²) in [6, 6.07) is 6.14. The Morgan fingerprint density at radius 3 is 2.55 bits per heavy atom. The van der Waals surface area contributed by atoms with Gasteiger partial charge in [-0.25, -0.2) is 0 Å². The third-order valence-corrected chi connectivity index (χ3v) is 3.05. The minimum atomic E-state index is 0.496. The molecule has 0 fully saturated rings. The molecule has 0 aromatic heterocycles. The minimum absolute atomic E-state index is 0.496. The number of ether oxygens (including phenoxy) is 1. The van der Waals surface area contributed by atoms with Gasteiger partial charge in [0.25, 0.3) is 0 Å². The van der Waals surface area contributed by atoms with Crippen molar-refractivity contribution in [1.29, 1.82) is 0 Å². The quantitative estimate of drug-likeness (QED) is 0.457. The van der Waals surface area contributed by atoms with Crippen molar-refractivity contribution in [3.05, 3.63) is 29.3 Å². The van der Waals surface area contributed by atoms with Crippen LogP contribution in [0.15, 0.2) is 23.2 Å². The van der Waals surface area contributed by atoms with Crippen molar-refractivity contribution in [3.63, 3.8) is 0 Å². The SMILES string of the molecule is Cc1cccc(C)c1OCCNC(N)=NCCC(C)C. The van der Waals surface area contributed by atoms with Crippen molar-refractivity contribution in [2.45, 2.75) is 34.1 Å². The van der Waals surface area contributed by atoms with E-state index >= 15 is 0 Å². The van der Waals surface area contributed by atoms with E-state index in [2.05, 4.69) is 50.1 Å². The van der Waals surface area contributed by atoms with Crippen molar-refractivity contribution in [3.8, 4) is 5.75 Å². The van der Waals surface area contributed by atoms with Gasteiger partial charge in [-0.1, -0.05) is 32.0 Å². The Morgan fingerprint density at radius 1 is 1.30 bits per heavy atom. The van der Waals surface area contributed by atoms with E-state index < -0.39 is 0 Å². The van der Waals surface area contributed by atoms with Gasteiger partial charge in [-0.2, -0.15) is 0 Å². The number of hydrogen-bond acceptors (Lipinski definition) is 2. The molecular weight excluding hydrogens is 250 g/mol. The number of hydrogen-bond donors (Lipinski definition) is 2. The molecule has 0 aliphatic carbocycles. The average Bonchev–Trinajstić information content (AvgIpc) is 2.37. The van der Waals surface area contributed by atoms with Gasteiger partial charge < -0.3 is 15.8 Å². The van der Waals surface area contributed by atoms with Crippen LogP contribution < -0.4 is 15.8 Å². The van der Waals surface area contributed by atoms with Gasteiger partial charge >= 0.3 is 0 Å². The summed E-state index contributed by atoms with van der Waals surface area (Å²) < 4.78 is 5.79. The van der Waals surface area contributed by atoms with Gasteiger partial charge in [0.1, 0.15) is 12.4 Å². The van der Waals surface area contributed by atoms with Crippen LogP contribution in [0.2, 0.25) is 0 Å². The molecule has 20 heavy (non-hydrogen) atoms. The topological polar surface area (TPSA) is 59.6 Å². The Balaban J connectivity index is 2.28. The third kappa shape index (κ3) is 5.95. The smallest absolute Gasteiger partial charge is 0.188 e. The number of para-hydroxylation sites is 1. The Labute approximate surface area is 122 Å². The summed E-state index contributed by atoms with van der Waals surface area (Å²) in [6.07, 6.45) is 1.06. The fourth-order valence-electron chi connectivity index (χ4n) is 1.86. The molecule has 0 saturated carbocycles. The van der Waals surface area contributed by atoms with Crippen LogP contribution in [-0.4, -0.2) is 25.7 Å². The number of nitrogens with one attached hydrogen (secondary N) is 1. The number of nitrogens with zero attached hydrogens (tertiary/aromatic N) is 1. The number of benzene rings is 1.